The summed E-state index contributed by atoms with van der Waals surface area (Å²) in [6.07, 6.45) is 16.7. The molecule has 1 aliphatic heterocycles. The minimum atomic E-state index is 0.740. The second-order valence-corrected chi connectivity index (χ2v) is 6.32. The molecule has 106 valence electrons. The SMILES string of the molecule is CN1C=CC(C2CCCC(c3cc[n+](C)cc3)C2)=CC1. The Kier molecular flexibility index (Phi) is 3.90. The molecule has 0 amide bonds. The average molecular weight is 269 g/mol. The van der Waals surface area contributed by atoms with Gasteiger partial charge in [-0.25, -0.2) is 4.57 Å². The number of allylic oxidation sites excluding steroid dienone is 2. The molecule has 1 saturated carbocycles. The standard InChI is InChI=1S/C18H25N2/c1-19-10-6-15(7-11-19)17-4-3-5-18(14-17)16-8-12-20(2)13-9-16/h6-12,17-18H,3-5,13-14H2,1-2H3/q+1. The monoisotopic (exact) mass is 269 g/mol. The Morgan fingerprint density at radius 1 is 1.15 bits per heavy atom. The van der Waals surface area contributed by atoms with Crippen LogP contribution < -0.4 is 4.57 Å². The molecule has 3 rings (SSSR count). The maximum atomic E-state index is 2.41. The Balaban J connectivity index is 1.70. The van der Waals surface area contributed by atoms with Gasteiger partial charge in [0.05, 0.1) is 0 Å². The lowest BCUT2D eigenvalue weighted by molar-refractivity contribution is -0.671. The van der Waals surface area contributed by atoms with Crippen LogP contribution >= 0.6 is 0 Å². The van der Waals surface area contributed by atoms with Crippen molar-refractivity contribution in [1.82, 2.24) is 4.90 Å². The van der Waals surface area contributed by atoms with Crippen molar-refractivity contribution in [2.45, 2.75) is 31.6 Å². The minimum Gasteiger partial charge on any atom is -0.377 e. The predicted molar refractivity (Wildman–Crippen MR) is 82.2 cm³/mol. The third-order valence-electron chi connectivity index (χ3n) is 4.76. The fourth-order valence-corrected chi connectivity index (χ4v) is 3.47. The molecule has 0 aromatic carbocycles. The fourth-order valence-electron chi connectivity index (χ4n) is 3.47. The molecule has 1 fully saturated rings. The van der Waals surface area contributed by atoms with E-state index in [-0.39, 0.29) is 0 Å². The summed E-state index contributed by atoms with van der Waals surface area (Å²) in [5.41, 5.74) is 3.08. The molecule has 2 aliphatic rings. The van der Waals surface area contributed by atoms with Crippen LogP contribution in [-0.2, 0) is 7.05 Å². The molecule has 2 atom stereocenters. The minimum absolute atomic E-state index is 0.740. The maximum Gasteiger partial charge on any atom is 0.168 e. The Morgan fingerprint density at radius 2 is 1.90 bits per heavy atom. The zero-order valence-corrected chi connectivity index (χ0v) is 12.6. The summed E-state index contributed by atoms with van der Waals surface area (Å²) < 4.78 is 2.12. The van der Waals surface area contributed by atoms with Gasteiger partial charge >= 0.3 is 0 Å². The lowest BCUT2D eigenvalue weighted by atomic mass is 9.75. The maximum absolute atomic E-state index is 2.41. The molecular formula is C18H25N2+. The predicted octanol–water partition coefficient (Wildman–Crippen LogP) is 3.17. The summed E-state index contributed by atoms with van der Waals surface area (Å²) in [4.78, 5) is 2.24. The van der Waals surface area contributed by atoms with Crippen LogP contribution in [0.1, 0.15) is 37.2 Å². The van der Waals surface area contributed by atoms with Crippen LogP contribution in [-0.4, -0.2) is 18.5 Å². The third kappa shape index (κ3) is 2.95. The van der Waals surface area contributed by atoms with E-state index in [9.17, 15) is 0 Å². The van der Waals surface area contributed by atoms with E-state index >= 15 is 0 Å². The Hall–Kier alpha value is -1.57. The highest BCUT2D eigenvalue weighted by Gasteiger charge is 2.25. The van der Waals surface area contributed by atoms with Crippen LogP contribution in [0.15, 0.2) is 48.5 Å². The molecule has 0 radical (unpaired) electrons. The number of nitrogens with zero attached hydrogens (tertiary/aromatic N) is 2. The molecule has 0 bridgehead atoms. The van der Waals surface area contributed by atoms with Gasteiger partial charge in [0.25, 0.3) is 0 Å². The van der Waals surface area contributed by atoms with Gasteiger partial charge in [-0.05, 0) is 54.5 Å². The first-order chi connectivity index (χ1) is 9.72. The van der Waals surface area contributed by atoms with Crippen molar-refractivity contribution in [2.75, 3.05) is 13.6 Å². The second-order valence-electron chi connectivity index (χ2n) is 6.32. The smallest absolute Gasteiger partial charge is 0.168 e. The molecule has 1 aromatic heterocycles. The van der Waals surface area contributed by atoms with Crippen molar-refractivity contribution < 1.29 is 4.57 Å². The average Bonchev–Trinajstić information content (AvgIpc) is 2.49. The van der Waals surface area contributed by atoms with Gasteiger partial charge in [-0.15, -0.1) is 0 Å². The molecule has 1 aromatic rings. The molecule has 1 aliphatic carbocycles. The van der Waals surface area contributed by atoms with Crippen LogP contribution in [0.3, 0.4) is 0 Å². The molecule has 2 nitrogen and oxygen atoms in total. The summed E-state index contributed by atoms with van der Waals surface area (Å²) in [6, 6.07) is 4.60. The van der Waals surface area contributed by atoms with Crippen LogP contribution in [0.4, 0.5) is 0 Å². The second kappa shape index (κ2) is 5.82. The number of aromatic nitrogens is 1. The first-order valence-corrected chi connectivity index (χ1v) is 7.76. The summed E-state index contributed by atoms with van der Waals surface area (Å²) in [7, 11) is 4.22. The zero-order valence-electron chi connectivity index (χ0n) is 12.6. The first kappa shape index (κ1) is 13.4. The third-order valence-corrected chi connectivity index (χ3v) is 4.76. The van der Waals surface area contributed by atoms with Gasteiger partial charge in [0.15, 0.2) is 12.4 Å². The highest BCUT2D eigenvalue weighted by molar-refractivity contribution is 5.27. The van der Waals surface area contributed by atoms with E-state index in [0.29, 0.717) is 0 Å². The number of hydrogen-bond acceptors (Lipinski definition) is 1. The Morgan fingerprint density at radius 3 is 2.60 bits per heavy atom. The number of aryl methyl sites for hydroxylation is 1. The lowest BCUT2D eigenvalue weighted by Crippen LogP contribution is -2.26. The summed E-state index contributed by atoms with van der Waals surface area (Å²) in [5.74, 6) is 1.50. The largest absolute Gasteiger partial charge is 0.377 e. The van der Waals surface area contributed by atoms with Crippen LogP contribution in [0.2, 0.25) is 0 Å². The molecular weight excluding hydrogens is 244 g/mol. The van der Waals surface area contributed by atoms with Gasteiger partial charge in [0.1, 0.15) is 7.05 Å². The van der Waals surface area contributed by atoms with Gasteiger partial charge in [-0.2, -0.15) is 0 Å². The van der Waals surface area contributed by atoms with Crippen molar-refractivity contribution in [2.24, 2.45) is 13.0 Å². The van der Waals surface area contributed by atoms with Gasteiger partial charge in [-0.3, -0.25) is 0 Å². The highest BCUT2D eigenvalue weighted by Crippen LogP contribution is 2.39. The van der Waals surface area contributed by atoms with Crippen molar-refractivity contribution in [3.8, 4) is 0 Å². The van der Waals surface area contributed by atoms with E-state index in [0.717, 1.165) is 18.4 Å². The quantitative estimate of drug-likeness (QED) is 0.748. The highest BCUT2D eigenvalue weighted by atomic mass is 15.1. The Bertz CT molecular complexity index is 513. The van der Waals surface area contributed by atoms with Gasteiger partial charge in [0.2, 0.25) is 0 Å². The van der Waals surface area contributed by atoms with E-state index in [2.05, 4.69) is 66.4 Å². The van der Waals surface area contributed by atoms with Crippen molar-refractivity contribution in [1.29, 1.82) is 0 Å². The number of hydrogen-bond donors (Lipinski definition) is 0. The fraction of sp³-hybridized carbons (Fsp3) is 0.500. The normalized spacial score (nSPS) is 26.5. The molecule has 2 heteroatoms. The van der Waals surface area contributed by atoms with Crippen LogP contribution in [0, 0.1) is 5.92 Å². The molecule has 0 N–H and O–H groups in total. The van der Waals surface area contributed by atoms with E-state index < -0.39 is 0 Å². The molecule has 0 spiro atoms. The molecule has 20 heavy (non-hydrogen) atoms. The van der Waals surface area contributed by atoms with Gasteiger partial charge < -0.3 is 4.90 Å². The summed E-state index contributed by atoms with van der Waals surface area (Å²) in [6.45, 7) is 1.06. The van der Waals surface area contributed by atoms with Crippen molar-refractivity contribution in [3.63, 3.8) is 0 Å². The van der Waals surface area contributed by atoms with Gasteiger partial charge in [-0.1, -0.05) is 12.5 Å². The lowest BCUT2D eigenvalue weighted by Gasteiger charge is -2.31. The topological polar surface area (TPSA) is 7.12 Å². The van der Waals surface area contributed by atoms with Crippen LogP contribution in [0.5, 0.6) is 0 Å². The van der Waals surface area contributed by atoms with Gasteiger partial charge in [0, 0.05) is 25.7 Å². The van der Waals surface area contributed by atoms with Crippen LogP contribution in [0.25, 0.3) is 0 Å². The first-order valence-electron chi connectivity index (χ1n) is 7.76. The van der Waals surface area contributed by atoms with E-state index in [1.807, 2.05) is 0 Å². The van der Waals surface area contributed by atoms with E-state index in [1.165, 1.54) is 31.2 Å². The van der Waals surface area contributed by atoms with Crippen molar-refractivity contribution >= 4 is 0 Å². The number of pyridine rings is 1. The Labute approximate surface area is 122 Å². The number of likely N-dealkylation sites (N-methyl/N-ethyl adjacent to an activating group) is 1. The zero-order chi connectivity index (χ0) is 13.9. The molecule has 2 heterocycles. The van der Waals surface area contributed by atoms with E-state index in [1.54, 1.807) is 5.57 Å². The molecule has 2 unspecified atom stereocenters. The van der Waals surface area contributed by atoms with Crippen molar-refractivity contribution in [3.05, 3.63) is 54.0 Å². The summed E-state index contributed by atoms with van der Waals surface area (Å²) in [5, 5.41) is 0. The number of rotatable bonds is 2. The molecule has 0 saturated heterocycles. The van der Waals surface area contributed by atoms with E-state index in [4.69, 9.17) is 0 Å². The summed E-state index contributed by atoms with van der Waals surface area (Å²) >= 11 is 0.